The van der Waals surface area contributed by atoms with Crippen molar-refractivity contribution in [1.29, 1.82) is 0 Å². The molecule has 0 aliphatic heterocycles. The number of ether oxygens (including phenoxy) is 1. The van der Waals surface area contributed by atoms with Gasteiger partial charge in [-0.1, -0.05) is 70.0 Å². The van der Waals surface area contributed by atoms with E-state index in [0.717, 1.165) is 20.1 Å². The first kappa shape index (κ1) is 22.4. The van der Waals surface area contributed by atoms with E-state index in [1.165, 1.54) is 4.68 Å². The van der Waals surface area contributed by atoms with E-state index in [2.05, 4.69) is 41.9 Å². The Morgan fingerprint density at radius 1 is 1.03 bits per heavy atom. The Labute approximate surface area is 203 Å². The molecule has 0 aliphatic carbocycles. The minimum atomic E-state index is -0.204. The summed E-state index contributed by atoms with van der Waals surface area (Å²) < 4.78 is 9.26. The van der Waals surface area contributed by atoms with Gasteiger partial charge in [-0.25, -0.2) is 4.98 Å². The lowest BCUT2D eigenvalue weighted by molar-refractivity contribution is 0.306. The average Bonchev–Trinajstić information content (AvgIpc) is 2.79. The first-order chi connectivity index (χ1) is 15.4. The number of hydrogen-bond acceptors (Lipinski definition) is 4. The van der Waals surface area contributed by atoms with Crippen molar-refractivity contribution in [2.75, 3.05) is 0 Å². The molecule has 0 amide bonds. The molecule has 1 aromatic heterocycles. The number of para-hydroxylation sites is 1. The van der Waals surface area contributed by atoms with Gasteiger partial charge in [-0.3, -0.25) is 4.79 Å². The number of fused-ring (bicyclic) bond motifs is 1. The fourth-order valence-corrected chi connectivity index (χ4v) is 3.86. The van der Waals surface area contributed by atoms with E-state index in [4.69, 9.17) is 4.74 Å². The van der Waals surface area contributed by atoms with Crippen LogP contribution in [0.4, 0.5) is 0 Å². The van der Waals surface area contributed by atoms with Crippen molar-refractivity contribution >= 4 is 49.0 Å². The summed E-state index contributed by atoms with van der Waals surface area (Å²) in [5.74, 6) is 1.32. The molecule has 0 saturated heterocycles. The van der Waals surface area contributed by atoms with Crippen molar-refractivity contribution in [3.05, 3.63) is 103 Å². The van der Waals surface area contributed by atoms with Gasteiger partial charge < -0.3 is 4.74 Å². The molecule has 4 aromatic rings. The second-order valence-electron chi connectivity index (χ2n) is 7.60. The first-order valence-corrected chi connectivity index (χ1v) is 11.7. The summed E-state index contributed by atoms with van der Waals surface area (Å²) >= 11 is 6.87. The highest BCUT2D eigenvalue weighted by Gasteiger charge is 2.14. The molecule has 4 rings (SSSR count). The van der Waals surface area contributed by atoms with E-state index in [9.17, 15) is 4.79 Å². The molecule has 7 heteroatoms. The summed E-state index contributed by atoms with van der Waals surface area (Å²) in [7, 11) is 0. The van der Waals surface area contributed by atoms with E-state index in [1.807, 2.05) is 74.5 Å². The van der Waals surface area contributed by atoms with E-state index in [1.54, 1.807) is 12.3 Å². The molecule has 0 radical (unpaired) electrons. The second-order valence-corrected chi connectivity index (χ2v) is 9.43. The van der Waals surface area contributed by atoms with Crippen LogP contribution >= 0.6 is 31.9 Å². The molecule has 0 fully saturated rings. The zero-order valence-electron chi connectivity index (χ0n) is 17.6. The van der Waals surface area contributed by atoms with Crippen LogP contribution in [0.5, 0.6) is 5.75 Å². The highest BCUT2D eigenvalue weighted by atomic mass is 79.9. The molecule has 0 aliphatic rings. The van der Waals surface area contributed by atoms with E-state index in [-0.39, 0.29) is 11.5 Å². The summed E-state index contributed by atoms with van der Waals surface area (Å²) in [6.45, 7) is 4.42. The van der Waals surface area contributed by atoms with Gasteiger partial charge in [-0.05, 0) is 48.0 Å². The fourth-order valence-electron chi connectivity index (χ4n) is 3.23. The second kappa shape index (κ2) is 9.79. The van der Waals surface area contributed by atoms with Crippen LogP contribution in [0.25, 0.3) is 10.9 Å². The lowest BCUT2D eigenvalue weighted by Crippen LogP contribution is -2.23. The summed E-state index contributed by atoms with van der Waals surface area (Å²) in [5.41, 5.74) is 2.29. The molecule has 0 unspecified atom stereocenters. The summed E-state index contributed by atoms with van der Waals surface area (Å²) in [4.78, 5) is 17.9. The van der Waals surface area contributed by atoms with Crippen molar-refractivity contribution in [2.45, 2.75) is 26.4 Å². The van der Waals surface area contributed by atoms with Crippen LogP contribution in [0.15, 0.2) is 85.6 Å². The number of aromatic nitrogens is 2. The third kappa shape index (κ3) is 5.00. The van der Waals surface area contributed by atoms with Crippen molar-refractivity contribution in [2.24, 2.45) is 5.10 Å². The maximum Gasteiger partial charge on any atom is 0.282 e. The Kier molecular flexibility index (Phi) is 6.86. The van der Waals surface area contributed by atoms with Gasteiger partial charge in [0.05, 0.1) is 17.1 Å². The third-order valence-electron chi connectivity index (χ3n) is 4.89. The van der Waals surface area contributed by atoms with Gasteiger partial charge in [-0.2, -0.15) is 9.78 Å². The normalized spacial score (nSPS) is 11.5. The highest BCUT2D eigenvalue weighted by Crippen LogP contribution is 2.21. The largest absolute Gasteiger partial charge is 0.488 e. The summed E-state index contributed by atoms with van der Waals surface area (Å²) in [5, 5.41) is 5.03. The van der Waals surface area contributed by atoms with Crippen LogP contribution in [-0.4, -0.2) is 15.9 Å². The molecule has 0 saturated carbocycles. The minimum absolute atomic E-state index is 0.0248. The number of benzene rings is 3. The molecule has 0 spiro atoms. The molecule has 162 valence electrons. The zero-order valence-corrected chi connectivity index (χ0v) is 20.8. The van der Waals surface area contributed by atoms with Crippen LogP contribution in [0, 0.1) is 0 Å². The Hall–Kier alpha value is -2.77. The highest BCUT2D eigenvalue weighted by molar-refractivity contribution is 9.10. The number of hydrogen-bond donors (Lipinski definition) is 0. The molecular weight excluding hydrogens is 534 g/mol. The molecule has 3 aromatic carbocycles. The predicted molar refractivity (Wildman–Crippen MR) is 136 cm³/mol. The smallest absolute Gasteiger partial charge is 0.282 e. The number of rotatable bonds is 6. The molecule has 0 atom stereocenters. The van der Waals surface area contributed by atoms with Crippen LogP contribution in [-0.2, 0) is 6.61 Å². The van der Waals surface area contributed by atoms with Crippen molar-refractivity contribution in [3.63, 3.8) is 0 Å². The third-order valence-corrected chi connectivity index (χ3v) is 5.91. The zero-order chi connectivity index (χ0) is 22.7. The van der Waals surface area contributed by atoms with Gasteiger partial charge in [0.2, 0.25) is 0 Å². The number of nitrogens with zero attached hydrogens (tertiary/aromatic N) is 3. The summed E-state index contributed by atoms with van der Waals surface area (Å²) in [6.07, 6.45) is 1.65. The lowest BCUT2D eigenvalue weighted by atomic mass is 10.2. The standard InChI is InChI=1S/C25H21Br2N3O2/c1-16(2)24-29-22-12-11-20(27)13-21(22)25(31)30(24)28-14-18-5-3-4-6-23(18)32-15-17-7-9-19(26)10-8-17/h3-14,16H,15H2,1-2H3. The monoisotopic (exact) mass is 553 g/mol. The van der Waals surface area contributed by atoms with Gasteiger partial charge in [-0.15, -0.1) is 0 Å². The van der Waals surface area contributed by atoms with Crippen molar-refractivity contribution < 1.29 is 4.74 Å². The molecule has 1 heterocycles. The SMILES string of the molecule is CC(C)c1nc2ccc(Br)cc2c(=O)n1N=Cc1ccccc1OCc1ccc(Br)cc1. The Balaban J connectivity index is 1.69. The van der Waals surface area contributed by atoms with Gasteiger partial charge in [0.15, 0.2) is 0 Å². The Bertz CT molecular complexity index is 1350. The molecule has 0 bridgehead atoms. The van der Waals surface area contributed by atoms with Crippen LogP contribution in [0.3, 0.4) is 0 Å². The quantitative estimate of drug-likeness (QED) is 0.255. The molecule has 5 nitrogen and oxygen atoms in total. The molecule has 0 N–H and O–H groups in total. The van der Waals surface area contributed by atoms with Gasteiger partial charge in [0.1, 0.15) is 18.2 Å². The van der Waals surface area contributed by atoms with E-state index >= 15 is 0 Å². The van der Waals surface area contributed by atoms with Gasteiger partial charge >= 0.3 is 0 Å². The fraction of sp³-hybridized carbons (Fsp3) is 0.160. The van der Waals surface area contributed by atoms with E-state index in [0.29, 0.717) is 29.1 Å². The van der Waals surface area contributed by atoms with Crippen molar-refractivity contribution in [3.8, 4) is 5.75 Å². The first-order valence-electron chi connectivity index (χ1n) is 10.1. The minimum Gasteiger partial charge on any atom is -0.488 e. The van der Waals surface area contributed by atoms with Crippen LogP contribution in [0.2, 0.25) is 0 Å². The molecule has 32 heavy (non-hydrogen) atoms. The van der Waals surface area contributed by atoms with Crippen molar-refractivity contribution in [1.82, 2.24) is 9.66 Å². The van der Waals surface area contributed by atoms with E-state index < -0.39 is 0 Å². The summed E-state index contributed by atoms with van der Waals surface area (Å²) in [6, 6.07) is 21.1. The van der Waals surface area contributed by atoms with Gasteiger partial charge in [0, 0.05) is 20.4 Å². The van der Waals surface area contributed by atoms with Crippen LogP contribution < -0.4 is 10.3 Å². The average molecular weight is 555 g/mol. The maximum atomic E-state index is 13.2. The number of halogens is 2. The van der Waals surface area contributed by atoms with Gasteiger partial charge in [0.25, 0.3) is 5.56 Å². The maximum absolute atomic E-state index is 13.2. The Morgan fingerprint density at radius 2 is 1.75 bits per heavy atom. The lowest BCUT2D eigenvalue weighted by Gasteiger charge is -2.12. The van der Waals surface area contributed by atoms with Crippen LogP contribution in [0.1, 0.15) is 36.7 Å². The Morgan fingerprint density at radius 3 is 2.50 bits per heavy atom. The molecular formula is C25H21Br2N3O2. The topological polar surface area (TPSA) is 56.5 Å². The predicted octanol–water partition coefficient (Wildman–Crippen LogP) is 6.51.